The van der Waals surface area contributed by atoms with E-state index in [0.717, 1.165) is 95.0 Å². The molecule has 0 fully saturated rings. The minimum absolute atomic E-state index is 0.0902. The van der Waals surface area contributed by atoms with Crippen LogP contribution >= 0.6 is 7.82 Å². The number of phosphoric ester groups is 1. The van der Waals surface area contributed by atoms with Crippen LogP contribution in [0.25, 0.3) is 0 Å². The van der Waals surface area contributed by atoms with Crippen molar-refractivity contribution in [1.82, 2.24) is 0 Å². The topological polar surface area (TPSA) is 185 Å². The van der Waals surface area contributed by atoms with Crippen molar-refractivity contribution in [3.8, 4) is 0 Å². The highest BCUT2D eigenvalue weighted by Crippen LogP contribution is 2.38. The number of nitrogens with zero attached hydrogens (tertiary/aromatic N) is 1. The average molecular weight is 924 g/mol. The lowest BCUT2D eigenvalue weighted by atomic mass is 10.0. The maximum absolute atomic E-state index is 12.8. The molecule has 13 nitrogen and oxygen atoms in total. The molecule has 0 radical (unpaired) electrons. The molecular weight excluding hydrogens is 838 g/mol. The molecule has 0 saturated heterocycles. The van der Waals surface area contributed by atoms with E-state index in [1.54, 1.807) is 42.5 Å². The third-order valence-corrected chi connectivity index (χ3v) is 11.9. The lowest BCUT2D eigenvalue weighted by Gasteiger charge is -2.28. The summed E-state index contributed by atoms with van der Waals surface area (Å²) in [6, 6.07) is 0. The first-order valence-electron chi connectivity index (χ1n) is 24.0. The van der Waals surface area contributed by atoms with Gasteiger partial charge in [-0.3, -0.25) is 14.2 Å². The molecule has 368 valence electrons. The molecule has 0 spiro atoms. The van der Waals surface area contributed by atoms with Crippen molar-refractivity contribution in [1.29, 1.82) is 0 Å². The lowest BCUT2D eigenvalue weighted by molar-refractivity contribution is -0.870. The van der Waals surface area contributed by atoms with Gasteiger partial charge in [0.1, 0.15) is 31.3 Å². The fraction of sp³-hybridized carbons (Fsp3) is 0.720. The van der Waals surface area contributed by atoms with Crippen LogP contribution < -0.4 is 4.89 Å². The zero-order valence-corrected chi connectivity index (χ0v) is 41.4. The molecule has 1 aromatic heterocycles. The van der Waals surface area contributed by atoms with E-state index < -0.39 is 57.4 Å². The first kappa shape index (κ1) is 59.1. The number of hydrogen-bond acceptors (Lipinski definition) is 12. The Hall–Kier alpha value is -2.87. The molecule has 0 aliphatic heterocycles. The van der Waals surface area contributed by atoms with Gasteiger partial charge >= 0.3 is 11.9 Å². The number of hydrogen-bond donors (Lipinski definition) is 3. The highest BCUT2D eigenvalue weighted by atomic mass is 31.2. The predicted octanol–water partition coefficient (Wildman–Crippen LogP) is 9.40. The molecular formula is C50H86NO12P. The van der Waals surface area contributed by atoms with Crippen molar-refractivity contribution in [3.63, 3.8) is 0 Å². The zero-order valence-electron chi connectivity index (χ0n) is 40.5. The van der Waals surface area contributed by atoms with E-state index in [2.05, 4.69) is 27.7 Å². The second kappa shape index (κ2) is 35.3. The first-order valence-corrected chi connectivity index (χ1v) is 25.5. The molecule has 5 atom stereocenters. The van der Waals surface area contributed by atoms with Gasteiger partial charge in [0.05, 0.1) is 46.1 Å². The first-order chi connectivity index (χ1) is 30.5. The van der Waals surface area contributed by atoms with Crippen LogP contribution in [0.4, 0.5) is 0 Å². The van der Waals surface area contributed by atoms with Crippen molar-refractivity contribution in [2.75, 3.05) is 47.5 Å². The summed E-state index contributed by atoms with van der Waals surface area (Å²) in [6.45, 7) is 7.99. The van der Waals surface area contributed by atoms with Crippen LogP contribution in [-0.2, 0) is 45.5 Å². The van der Waals surface area contributed by atoms with E-state index in [-0.39, 0.29) is 32.3 Å². The standard InChI is InChI=1S/C50H86NO12P/c1-8-10-22-29-43(52)30-24-18-16-17-19-25-31-45(53)46(54)32-28-36-50(56)62-44(40-61-64(57,58)60-38-37-51(5,6)7)39-59-49(55)35-27-21-15-13-12-14-20-26-34-48-42(4)41(3)47(63-48)33-23-11-9-2/h16-19,24-25,30-31,43-46,52-54H,8-15,20-23,26-29,32-40H2,1-7H3/b18-16-,19-17+,30-24+,31-25+/t43-,44+,45-,46-/m0/s1. The Labute approximate surface area is 386 Å². The largest absolute Gasteiger partial charge is 0.756 e. The summed E-state index contributed by atoms with van der Waals surface area (Å²) in [5.74, 6) is 1.11. The quantitative estimate of drug-likeness (QED) is 0.0187. The van der Waals surface area contributed by atoms with Crippen molar-refractivity contribution < 1.29 is 61.8 Å². The number of allylic oxidation sites excluding steroid dienone is 6. The van der Waals surface area contributed by atoms with Crippen LogP contribution in [0, 0.1) is 13.8 Å². The van der Waals surface area contributed by atoms with E-state index in [0.29, 0.717) is 17.4 Å². The number of phosphoric acid groups is 1. The Morgan fingerprint density at radius 2 is 1.20 bits per heavy atom. The molecule has 0 aliphatic rings. The number of likely N-dealkylation sites (N-methyl/N-ethyl adjacent to an activating group) is 1. The van der Waals surface area contributed by atoms with Crippen LogP contribution in [0.5, 0.6) is 0 Å². The third-order valence-electron chi connectivity index (χ3n) is 10.9. The van der Waals surface area contributed by atoms with E-state index in [9.17, 15) is 34.4 Å². The summed E-state index contributed by atoms with van der Waals surface area (Å²) in [7, 11) is 0.923. The van der Waals surface area contributed by atoms with Crippen LogP contribution in [0.15, 0.2) is 53.0 Å². The Bertz CT molecular complexity index is 1560. The molecule has 0 aliphatic carbocycles. The molecule has 64 heavy (non-hydrogen) atoms. The molecule has 1 aromatic rings. The minimum atomic E-state index is -4.74. The van der Waals surface area contributed by atoms with E-state index in [1.807, 2.05) is 21.1 Å². The average Bonchev–Trinajstić information content (AvgIpc) is 3.50. The summed E-state index contributed by atoms with van der Waals surface area (Å²) < 4.78 is 39.9. The summed E-state index contributed by atoms with van der Waals surface area (Å²) in [4.78, 5) is 37.8. The molecule has 0 aromatic carbocycles. The number of carbonyl (C=O) groups is 2. The number of aliphatic hydroxyl groups is 3. The summed E-state index contributed by atoms with van der Waals surface area (Å²) in [5, 5.41) is 30.7. The number of furan rings is 1. The van der Waals surface area contributed by atoms with Crippen molar-refractivity contribution in [2.24, 2.45) is 0 Å². The number of aliphatic hydroxyl groups excluding tert-OH is 3. The number of aryl methyl sites for hydroxylation is 2. The van der Waals surface area contributed by atoms with E-state index >= 15 is 0 Å². The number of unbranched alkanes of at least 4 members (excludes halogenated alkanes) is 11. The fourth-order valence-electron chi connectivity index (χ4n) is 6.69. The Morgan fingerprint density at radius 1 is 0.672 bits per heavy atom. The number of quaternary nitrogens is 1. The number of rotatable bonds is 39. The SMILES string of the molecule is CCCCCc1oc(CCCCCCCCCCC(=O)OC[C@H](COP(=O)([O-])OCC[N+](C)(C)C)OC(=O)CCC[C@H](O)[C@@H](O)/C=C/C=C/C=C\C=C\[C@@H](O)CCCCC)c(C)c1C. The summed E-state index contributed by atoms with van der Waals surface area (Å²) >= 11 is 0. The molecule has 3 N–H and O–H groups in total. The monoisotopic (exact) mass is 924 g/mol. The van der Waals surface area contributed by atoms with Crippen molar-refractivity contribution in [2.45, 2.75) is 187 Å². The Balaban J connectivity index is 2.48. The second-order valence-corrected chi connectivity index (χ2v) is 19.3. The summed E-state index contributed by atoms with van der Waals surface area (Å²) in [5.41, 5.74) is 2.62. The molecule has 1 unspecified atom stereocenters. The van der Waals surface area contributed by atoms with E-state index in [4.69, 9.17) is 22.9 Å². The zero-order chi connectivity index (χ0) is 47.6. The van der Waals surface area contributed by atoms with Crippen molar-refractivity contribution in [3.05, 3.63) is 71.3 Å². The third kappa shape index (κ3) is 31.1. The van der Waals surface area contributed by atoms with Crippen LogP contribution in [-0.4, -0.2) is 104 Å². The Kier molecular flexibility index (Phi) is 32.7. The van der Waals surface area contributed by atoms with Crippen molar-refractivity contribution >= 4 is 19.8 Å². The molecule has 14 heteroatoms. The van der Waals surface area contributed by atoms with Crippen LogP contribution in [0.1, 0.15) is 158 Å². The van der Waals surface area contributed by atoms with Gasteiger partial charge in [-0.25, -0.2) is 0 Å². The molecule has 0 saturated carbocycles. The van der Waals surface area contributed by atoms with Gasteiger partial charge in [0.25, 0.3) is 7.82 Å². The highest BCUT2D eigenvalue weighted by molar-refractivity contribution is 7.45. The van der Waals surface area contributed by atoms with Gasteiger partial charge in [0, 0.05) is 25.7 Å². The Morgan fingerprint density at radius 3 is 1.81 bits per heavy atom. The van der Waals surface area contributed by atoms with Gasteiger partial charge in [0.2, 0.25) is 0 Å². The van der Waals surface area contributed by atoms with Crippen LogP contribution in [0.3, 0.4) is 0 Å². The number of carbonyl (C=O) groups excluding carboxylic acids is 2. The number of esters is 2. The second-order valence-electron chi connectivity index (χ2n) is 17.9. The molecule has 1 rings (SSSR count). The molecule has 0 bridgehead atoms. The smallest absolute Gasteiger partial charge is 0.306 e. The molecule has 0 amide bonds. The van der Waals surface area contributed by atoms with Gasteiger partial charge in [-0.05, 0) is 63.5 Å². The van der Waals surface area contributed by atoms with Gasteiger partial charge in [-0.15, -0.1) is 0 Å². The van der Waals surface area contributed by atoms with E-state index in [1.165, 1.54) is 36.5 Å². The maximum atomic E-state index is 12.8. The maximum Gasteiger partial charge on any atom is 0.306 e. The highest BCUT2D eigenvalue weighted by Gasteiger charge is 2.22. The minimum Gasteiger partial charge on any atom is -0.756 e. The van der Waals surface area contributed by atoms with Gasteiger partial charge in [-0.1, -0.05) is 133 Å². The normalized spacial score (nSPS) is 15.4. The van der Waals surface area contributed by atoms with Gasteiger partial charge in [0.15, 0.2) is 6.10 Å². The lowest BCUT2D eigenvalue weighted by Crippen LogP contribution is -2.37. The van der Waals surface area contributed by atoms with Gasteiger partial charge in [-0.2, -0.15) is 0 Å². The number of ether oxygens (including phenoxy) is 2. The summed E-state index contributed by atoms with van der Waals surface area (Å²) in [6.07, 6.45) is 27.6. The fourth-order valence-corrected chi connectivity index (χ4v) is 7.42. The predicted molar refractivity (Wildman–Crippen MR) is 252 cm³/mol. The van der Waals surface area contributed by atoms with Crippen LogP contribution in [0.2, 0.25) is 0 Å². The molecule has 1 heterocycles. The van der Waals surface area contributed by atoms with Gasteiger partial charge < -0.3 is 47.6 Å².